The van der Waals surface area contributed by atoms with Crippen LogP contribution in [0.3, 0.4) is 0 Å². The largest absolute Gasteiger partial charge is 0.472 e. The van der Waals surface area contributed by atoms with Crippen LogP contribution in [0.4, 0.5) is 0 Å². The zero-order valence-electron chi connectivity index (χ0n) is 63.9. The molecule has 0 amide bonds. The van der Waals surface area contributed by atoms with Gasteiger partial charge in [0.05, 0.1) is 32.8 Å². The fourth-order valence-electron chi connectivity index (χ4n) is 9.28. The van der Waals surface area contributed by atoms with E-state index in [-0.39, 0.29) is 25.7 Å². The number of aliphatic hydroxyl groups is 1. The Kier molecular flexibility index (Phi) is 70.7. The van der Waals surface area contributed by atoms with E-state index in [1.807, 2.05) is 24.3 Å². The number of carbonyl (C=O) groups is 4. The molecule has 17 nitrogen and oxygen atoms in total. The maximum absolute atomic E-state index is 13.1. The lowest BCUT2D eigenvalue weighted by molar-refractivity contribution is -0.161. The van der Waals surface area contributed by atoms with E-state index in [4.69, 9.17) is 37.0 Å². The number of ether oxygens (including phenoxy) is 4. The fraction of sp³-hybridized carbons (Fsp3) is 0.576. The molecule has 0 spiro atoms. The van der Waals surface area contributed by atoms with Gasteiger partial charge >= 0.3 is 39.5 Å². The predicted octanol–water partition coefficient (Wildman–Crippen LogP) is 22.5. The Morgan fingerprint density at radius 1 is 0.288 bits per heavy atom. The zero-order valence-corrected chi connectivity index (χ0v) is 65.6. The topological polar surface area (TPSA) is 237 Å². The summed E-state index contributed by atoms with van der Waals surface area (Å²) < 4.78 is 68.3. The second kappa shape index (κ2) is 75.1. The maximum atomic E-state index is 13.1. The van der Waals surface area contributed by atoms with Crippen molar-refractivity contribution in [3.05, 3.63) is 194 Å². The van der Waals surface area contributed by atoms with Gasteiger partial charge < -0.3 is 33.8 Å². The van der Waals surface area contributed by atoms with Crippen molar-refractivity contribution >= 4 is 39.5 Å². The Balaban J connectivity index is 5.53. The molecule has 0 fully saturated rings. The molecule has 0 aromatic carbocycles. The van der Waals surface area contributed by atoms with Crippen LogP contribution in [0.5, 0.6) is 0 Å². The molecule has 5 unspecified atom stereocenters. The van der Waals surface area contributed by atoms with E-state index < -0.39 is 97.5 Å². The first-order valence-electron chi connectivity index (χ1n) is 38.7. The van der Waals surface area contributed by atoms with Crippen LogP contribution in [0.1, 0.15) is 259 Å². The average Bonchev–Trinajstić information content (AvgIpc) is 0.918. The SMILES string of the molecule is CC/C=C\C/C=C\C/C=C\C/C=C\C/C=C\CCCCCC(=O)OCC(COP(=O)(O)OCC(O)COP(=O)(O)OCC(COC(=O)C/C=C\C/C=C\C/C=C\C/C=C\C/C=C\CC)OC(=O)CCCC/C=C\C/C=C\C/C=C\C/C=C\CC)OC(=O)CCCCCCC/C=C\C/C=C\CCCCC. The molecule has 5 atom stereocenters. The third-order valence-corrected chi connectivity index (χ3v) is 17.0. The third kappa shape index (κ3) is 74.2. The van der Waals surface area contributed by atoms with Gasteiger partial charge in [0, 0.05) is 19.3 Å². The van der Waals surface area contributed by atoms with Crippen molar-refractivity contribution in [2.75, 3.05) is 39.6 Å². The molecule has 0 saturated carbocycles. The molecule has 104 heavy (non-hydrogen) atoms. The predicted molar refractivity (Wildman–Crippen MR) is 426 cm³/mol. The standard InChI is InChI=1S/C85H134O17P2/c1-5-9-13-17-21-25-29-33-37-38-39-40-44-46-50-54-58-62-66-70-83(88)96-76-81(102-85(90)72-68-64-60-56-52-48-43-36-32-28-24-20-16-12-8-4)78-100-104(93,94)98-74-79(86)73-97-103(91,92)99-77-80(101-84(89)71-67-63-59-55-51-47-42-35-31-27-23-19-15-11-7-3)75-95-82(87)69-65-61-57-53-49-45-41-34-30-26-22-18-14-10-6-2/h9-11,13-15,21-28,33-37,39-43,46,49-51,53,55,61,65,79-81,86H,5-8,12,16-20,29-32,38,44-45,47-48,52,54,56-60,62-64,66-78H2,1-4H3,(H,91,92)(H,93,94)/b13-9-,14-10-,15-11-,25-21-,26-22-,27-23-,28-24-,37-33-,40-39-,41-34-,42-35-,43-36-,50-46-,53-49-,55-51-,65-61-. The van der Waals surface area contributed by atoms with Crippen molar-refractivity contribution in [3.8, 4) is 0 Å². The van der Waals surface area contributed by atoms with Crippen molar-refractivity contribution in [3.63, 3.8) is 0 Å². The smallest absolute Gasteiger partial charge is 0.462 e. The third-order valence-electron chi connectivity index (χ3n) is 15.1. The minimum absolute atomic E-state index is 0.0144. The number of rotatable bonds is 70. The van der Waals surface area contributed by atoms with Crippen LogP contribution in [0.2, 0.25) is 0 Å². The molecule has 0 bridgehead atoms. The lowest BCUT2D eigenvalue weighted by atomic mass is 10.1. The summed E-state index contributed by atoms with van der Waals surface area (Å²) in [4.78, 5) is 72.9. The molecular weight excluding hydrogens is 1350 g/mol. The van der Waals surface area contributed by atoms with Crippen molar-refractivity contribution < 1.29 is 80.2 Å². The van der Waals surface area contributed by atoms with Crippen LogP contribution in [-0.2, 0) is 65.4 Å². The van der Waals surface area contributed by atoms with Gasteiger partial charge in [-0.2, -0.15) is 0 Å². The van der Waals surface area contributed by atoms with Gasteiger partial charge in [0.15, 0.2) is 12.2 Å². The van der Waals surface area contributed by atoms with Gasteiger partial charge in [0.2, 0.25) is 0 Å². The second-order valence-corrected chi connectivity index (χ2v) is 27.7. The van der Waals surface area contributed by atoms with Crippen LogP contribution in [0.15, 0.2) is 194 Å². The van der Waals surface area contributed by atoms with Gasteiger partial charge in [-0.25, -0.2) is 9.13 Å². The van der Waals surface area contributed by atoms with Crippen molar-refractivity contribution in [1.29, 1.82) is 0 Å². The van der Waals surface area contributed by atoms with Crippen LogP contribution in [0.25, 0.3) is 0 Å². The van der Waals surface area contributed by atoms with E-state index in [0.717, 1.165) is 154 Å². The highest BCUT2D eigenvalue weighted by Crippen LogP contribution is 2.45. The zero-order chi connectivity index (χ0) is 76.0. The number of carbonyl (C=O) groups excluding carboxylic acids is 4. The lowest BCUT2D eigenvalue weighted by Gasteiger charge is -2.21. The van der Waals surface area contributed by atoms with E-state index in [1.54, 1.807) is 6.08 Å². The number of aliphatic hydroxyl groups excluding tert-OH is 1. The summed E-state index contributed by atoms with van der Waals surface area (Å²) in [6, 6.07) is 0. The summed E-state index contributed by atoms with van der Waals surface area (Å²) in [5, 5.41) is 10.6. The Hall–Kier alpha value is -6.10. The lowest BCUT2D eigenvalue weighted by Crippen LogP contribution is -2.30. The van der Waals surface area contributed by atoms with E-state index in [2.05, 4.69) is 192 Å². The molecule has 0 radical (unpaired) electrons. The number of esters is 4. The maximum Gasteiger partial charge on any atom is 0.472 e. The summed E-state index contributed by atoms with van der Waals surface area (Å²) in [6.45, 7) is 4.24. The van der Waals surface area contributed by atoms with Gasteiger partial charge in [-0.15, -0.1) is 0 Å². The van der Waals surface area contributed by atoms with Crippen molar-refractivity contribution in [1.82, 2.24) is 0 Å². The second-order valence-electron chi connectivity index (χ2n) is 24.8. The highest BCUT2D eigenvalue weighted by molar-refractivity contribution is 7.47. The molecule has 3 N–H and O–H groups in total. The Morgan fingerprint density at radius 2 is 0.538 bits per heavy atom. The van der Waals surface area contributed by atoms with Crippen molar-refractivity contribution in [2.45, 2.75) is 277 Å². The minimum atomic E-state index is -5.02. The van der Waals surface area contributed by atoms with Gasteiger partial charge in [0.1, 0.15) is 19.3 Å². The number of allylic oxidation sites excluding steroid dienone is 31. The Bertz CT molecular complexity index is 2740. The van der Waals surface area contributed by atoms with Gasteiger partial charge in [-0.3, -0.25) is 37.3 Å². The van der Waals surface area contributed by atoms with Gasteiger partial charge in [-0.1, -0.05) is 261 Å². The summed E-state index contributed by atoms with van der Waals surface area (Å²) in [5.74, 6) is -2.45. The molecule has 0 rings (SSSR count). The molecule has 586 valence electrons. The monoisotopic (exact) mass is 1490 g/mol. The van der Waals surface area contributed by atoms with E-state index >= 15 is 0 Å². The molecule has 0 aliphatic rings. The van der Waals surface area contributed by atoms with Crippen LogP contribution < -0.4 is 0 Å². The summed E-state index contributed by atoms with van der Waals surface area (Å²) in [7, 11) is -10.0. The highest BCUT2D eigenvalue weighted by atomic mass is 31.2. The molecule has 0 aromatic heterocycles. The average molecular weight is 1490 g/mol. The minimum Gasteiger partial charge on any atom is -0.462 e. The molecule has 0 heterocycles. The number of hydrogen-bond donors (Lipinski definition) is 3. The molecule has 0 aliphatic heterocycles. The number of phosphoric acid groups is 2. The van der Waals surface area contributed by atoms with E-state index in [0.29, 0.717) is 32.1 Å². The van der Waals surface area contributed by atoms with Crippen LogP contribution >= 0.6 is 15.6 Å². The number of phosphoric ester groups is 2. The van der Waals surface area contributed by atoms with Gasteiger partial charge in [-0.05, 0) is 167 Å². The molecule has 0 aliphatic carbocycles. The quantitative estimate of drug-likeness (QED) is 0.0169. The molecule has 0 saturated heterocycles. The van der Waals surface area contributed by atoms with Gasteiger partial charge in [0.25, 0.3) is 0 Å². The summed E-state index contributed by atoms with van der Waals surface area (Å²) >= 11 is 0. The van der Waals surface area contributed by atoms with Crippen molar-refractivity contribution in [2.24, 2.45) is 0 Å². The van der Waals surface area contributed by atoms with E-state index in [9.17, 15) is 43.2 Å². The van der Waals surface area contributed by atoms with E-state index in [1.165, 1.54) is 19.3 Å². The first kappa shape index (κ1) is 97.9. The fourth-order valence-corrected chi connectivity index (χ4v) is 10.9. The Labute approximate surface area is 627 Å². The normalized spacial score (nSPS) is 15.0. The number of hydrogen-bond acceptors (Lipinski definition) is 15. The molecular formula is C85H134O17P2. The number of unbranched alkanes of at least 4 members (excludes halogenated alkanes) is 13. The molecule has 0 aromatic rings. The molecule has 19 heteroatoms. The summed E-state index contributed by atoms with van der Waals surface area (Å²) in [6.07, 6.45) is 91.7. The van der Waals surface area contributed by atoms with Crippen LogP contribution in [-0.4, -0.2) is 96.7 Å². The first-order chi connectivity index (χ1) is 50.7. The van der Waals surface area contributed by atoms with Crippen LogP contribution in [0, 0.1) is 0 Å². The summed E-state index contributed by atoms with van der Waals surface area (Å²) in [5.41, 5.74) is 0. The first-order valence-corrected chi connectivity index (χ1v) is 41.7. The highest BCUT2D eigenvalue weighted by Gasteiger charge is 2.30. The Morgan fingerprint density at radius 3 is 0.885 bits per heavy atom.